The van der Waals surface area contributed by atoms with E-state index in [9.17, 15) is 0 Å². The number of ether oxygens (including phenoxy) is 2. The van der Waals surface area contributed by atoms with Gasteiger partial charge < -0.3 is 20.9 Å². The Labute approximate surface area is 92.8 Å². The van der Waals surface area contributed by atoms with Crippen LogP contribution >= 0.6 is 0 Å². The van der Waals surface area contributed by atoms with Crippen LogP contribution in [0.25, 0.3) is 0 Å². The van der Waals surface area contributed by atoms with Crippen molar-refractivity contribution < 1.29 is 9.47 Å². The molecule has 0 amide bonds. The lowest BCUT2D eigenvalue weighted by molar-refractivity contribution is 0.0928. The van der Waals surface area contributed by atoms with E-state index >= 15 is 0 Å². The summed E-state index contributed by atoms with van der Waals surface area (Å²) in [6.45, 7) is 0.456. The maximum atomic E-state index is 8.88. The van der Waals surface area contributed by atoms with Crippen LogP contribution in [0.4, 0.5) is 11.5 Å². The van der Waals surface area contributed by atoms with Gasteiger partial charge in [0.1, 0.15) is 23.6 Å². The largest absolute Gasteiger partial charge is 0.471 e. The molecule has 84 valence electrons. The lowest BCUT2D eigenvalue weighted by Gasteiger charge is -2.07. The van der Waals surface area contributed by atoms with Crippen molar-refractivity contribution >= 4 is 11.5 Å². The summed E-state index contributed by atoms with van der Waals surface area (Å²) in [7, 11) is 1.60. The number of nitriles is 1. The zero-order valence-corrected chi connectivity index (χ0v) is 8.86. The van der Waals surface area contributed by atoms with Crippen molar-refractivity contribution in [1.82, 2.24) is 4.98 Å². The lowest BCUT2D eigenvalue weighted by Crippen LogP contribution is -2.19. The van der Waals surface area contributed by atoms with E-state index in [4.69, 9.17) is 26.2 Å². The summed E-state index contributed by atoms with van der Waals surface area (Å²) < 4.78 is 10.5. The molecule has 0 fully saturated rings. The second kappa shape index (κ2) is 3.87. The molecular weight excluding hydrogens is 208 g/mol. The molecule has 0 bridgehead atoms. The van der Waals surface area contributed by atoms with Crippen LogP contribution in [0.2, 0.25) is 0 Å². The molecule has 1 aromatic heterocycles. The average Bonchev–Trinajstić information content (AvgIpc) is 2.62. The molecule has 0 saturated carbocycles. The molecule has 2 heterocycles. The molecule has 0 aliphatic carbocycles. The van der Waals surface area contributed by atoms with Crippen LogP contribution in [0.1, 0.15) is 11.1 Å². The Bertz CT molecular complexity index is 467. The van der Waals surface area contributed by atoms with Gasteiger partial charge >= 0.3 is 0 Å². The highest BCUT2D eigenvalue weighted by molar-refractivity contribution is 5.71. The molecule has 0 spiro atoms. The molecule has 0 saturated heterocycles. The predicted octanol–water partition coefficient (Wildman–Crippen LogP) is 0.0676. The smallest absolute Gasteiger partial charge is 0.221 e. The number of anilines is 2. The Kier molecular flexibility index (Phi) is 2.54. The summed E-state index contributed by atoms with van der Waals surface area (Å²) in [6.07, 6.45) is 0.486. The highest BCUT2D eigenvalue weighted by Gasteiger charge is 2.28. The maximum absolute atomic E-state index is 8.88. The summed E-state index contributed by atoms with van der Waals surface area (Å²) >= 11 is 0. The Balaban J connectivity index is 2.40. The summed E-state index contributed by atoms with van der Waals surface area (Å²) in [5, 5.41) is 8.88. The molecule has 0 aromatic carbocycles. The Hall–Kier alpha value is -2.00. The first kappa shape index (κ1) is 10.5. The molecule has 1 unspecified atom stereocenters. The van der Waals surface area contributed by atoms with Crippen LogP contribution in [-0.2, 0) is 11.2 Å². The van der Waals surface area contributed by atoms with Gasteiger partial charge in [-0.2, -0.15) is 10.2 Å². The fourth-order valence-corrected chi connectivity index (χ4v) is 1.76. The Morgan fingerprint density at radius 2 is 2.38 bits per heavy atom. The Morgan fingerprint density at radius 3 is 3.00 bits per heavy atom. The first-order valence-corrected chi connectivity index (χ1v) is 4.80. The van der Waals surface area contributed by atoms with Crippen LogP contribution in [-0.4, -0.2) is 24.8 Å². The summed E-state index contributed by atoms with van der Waals surface area (Å²) in [5.41, 5.74) is 12.8. The molecule has 0 radical (unpaired) electrons. The van der Waals surface area contributed by atoms with Gasteiger partial charge in [0.25, 0.3) is 0 Å². The van der Waals surface area contributed by atoms with Gasteiger partial charge in [-0.25, -0.2) is 0 Å². The normalized spacial score (nSPS) is 17.6. The Morgan fingerprint density at radius 1 is 1.62 bits per heavy atom. The van der Waals surface area contributed by atoms with Gasteiger partial charge in [0.05, 0.1) is 12.3 Å². The van der Waals surface area contributed by atoms with Gasteiger partial charge in [-0.3, -0.25) is 0 Å². The topological polar surface area (TPSA) is 107 Å². The molecule has 6 nitrogen and oxygen atoms in total. The zero-order chi connectivity index (χ0) is 11.7. The van der Waals surface area contributed by atoms with Crippen LogP contribution < -0.4 is 16.2 Å². The van der Waals surface area contributed by atoms with Crippen molar-refractivity contribution in [1.29, 1.82) is 5.26 Å². The first-order valence-electron chi connectivity index (χ1n) is 4.80. The number of rotatable bonds is 2. The van der Waals surface area contributed by atoms with E-state index in [1.165, 1.54) is 0 Å². The molecule has 1 aliphatic rings. The minimum atomic E-state index is -0.108. The number of fused-ring (bicyclic) bond motifs is 1. The summed E-state index contributed by atoms with van der Waals surface area (Å²) in [5.74, 6) is 0.521. The van der Waals surface area contributed by atoms with E-state index in [2.05, 4.69) is 4.98 Å². The predicted molar refractivity (Wildman–Crippen MR) is 57.8 cm³/mol. The van der Waals surface area contributed by atoms with E-state index in [0.29, 0.717) is 24.6 Å². The molecule has 1 atom stereocenters. The monoisotopic (exact) mass is 220 g/mol. The lowest BCUT2D eigenvalue weighted by atomic mass is 10.1. The SMILES string of the molecule is COCC1Cc2c(nc(N)c(C#N)c2N)O1. The maximum Gasteiger partial charge on any atom is 0.221 e. The van der Waals surface area contributed by atoms with Gasteiger partial charge in [-0.15, -0.1) is 0 Å². The minimum Gasteiger partial charge on any atom is -0.471 e. The van der Waals surface area contributed by atoms with Gasteiger partial charge in [0.2, 0.25) is 5.88 Å². The third-order valence-corrected chi connectivity index (χ3v) is 2.51. The van der Waals surface area contributed by atoms with Crippen LogP contribution in [0, 0.1) is 11.3 Å². The number of methoxy groups -OCH3 is 1. The summed E-state index contributed by atoms with van der Waals surface area (Å²) in [4.78, 5) is 4.02. The second-order valence-corrected chi connectivity index (χ2v) is 3.58. The quantitative estimate of drug-likeness (QED) is 0.730. The second-order valence-electron chi connectivity index (χ2n) is 3.58. The molecular formula is C10H12N4O2. The number of nitrogen functional groups attached to an aromatic ring is 2. The number of hydrogen-bond donors (Lipinski definition) is 2. The van der Waals surface area contributed by atoms with Gasteiger partial charge in [0, 0.05) is 19.1 Å². The van der Waals surface area contributed by atoms with E-state index in [0.717, 1.165) is 5.56 Å². The number of nitrogens with two attached hydrogens (primary N) is 2. The van der Waals surface area contributed by atoms with Crippen LogP contribution in [0.5, 0.6) is 5.88 Å². The molecule has 16 heavy (non-hydrogen) atoms. The van der Waals surface area contributed by atoms with E-state index < -0.39 is 0 Å². The zero-order valence-electron chi connectivity index (χ0n) is 8.86. The fraction of sp³-hybridized carbons (Fsp3) is 0.400. The van der Waals surface area contributed by atoms with Crippen molar-refractivity contribution in [3.63, 3.8) is 0 Å². The van der Waals surface area contributed by atoms with Crippen molar-refractivity contribution in [2.45, 2.75) is 12.5 Å². The standard InChI is InChI=1S/C10H12N4O2/c1-15-4-5-2-6-8(12)7(3-11)9(13)14-10(6)16-5/h5H,2,4H2,1H3,(H4,12,13,14). The average molecular weight is 220 g/mol. The van der Waals surface area contributed by atoms with Crippen molar-refractivity contribution in [2.24, 2.45) is 0 Å². The van der Waals surface area contributed by atoms with E-state index in [1.807, 2.05) is 6.07 Å². The third kappa shape index (κ3) is 1.51. The highest BCUT2D eigenvalue weighted by Crippen LogP contribution is 2.35. The van der Waals surface area contributed by atoms with Crippen LogP contribution in [0.15, 0.2) is 0 Å². The number of pyridine rings is 1. The third-order valence-electron chi connectivity index (χ3n) is 2.51. The number of aromatic nitrogens is 1. The first-order chi connectivity index (χ1) is 7.67. The van der Waals surface area contributed by atoms with Gasteiger partial charge in [-0.05, 0) is 0 Å². The van der Waals surface area contributed by atoms with E-state index in [-0.39, 0.29) is 17.5 Å². The highest BCUT2D eigenvalue weighted by atomic mass is 16.5. The molecule has 4 N–H and O–H groups in total. The minimum absolute atomic E-state index is 0.108. The van der Waals surface area contributed by atoms with Gasteiger partial charge in [0.15, 0.2) is 0 Å². The van der Waals surface area contributed by atoms with Gasteiger partial charge in [-0.1, -0.05) is 0 Å². The fourth-order valence-electron chi connectivity index (χ4n) is 1.76. The number of nitrogens with zero attached hydrogens (tertiary/aromatic N) is 2. The molecule has 2 rings (SSSR count). The molecule has 1 aromatic rings. The van der Waals surface area contributed by atoms with Crippen molar-refractivity contribution in [2.75, 3.05) is 25.2 Å². The molecule has 6 heteroatoms. The van der Waals surface area contributed by atoms with Crippen molar-refractivity contribution in [3.8, 4) is 11.9 Å². The summed E-state index contributed by atoms with van der Waals surface area (Å²) in [6, 6.07) is 1.94. The number of hydrogen-bond acceptors (Lipinski definition) is 6. The van der Waals surface area contributed by atoms with Crippen LogP contribution in [0.3, 0.4) is 0 Å². The molecule has 1 aliphatic heterocycles. The van der Waals surface area contributed by atoms with E-state index in [1.54, 1.807) is 7.11 Å². The van der Waals surface area contributed by atoms with Crippen molar-refractivity contribution in [3.05, 3.63) is 11.1 Å².